The van der Waals surface area contributed by atoms with Crippen molar-refractivity contribution < 1.29 is 18.0 Å². The van der Waals surface area contributed by atoms with E-state index in [2.05, 4.69) is 15.3 Å². The molecule has 0 fully saturated rings. The SMILES string of the molecule is O=C(Nc1nc(-c2ccccn2)cs1)c1ccc(F)c(F)c1F. The van der Waals surface area contributed by atoms with Crippen molar-refractivity contribution >= 4 is 22.4 Å². The van der Waals surface area contributed by atoms with Gasteiger partial charge in [-0.3, -0.25) is 15.1 Å². The summed E-state index contributed by atoms with van der Waals surface area (Å²) < 4.78 is 39.6. The first-order chi connectivity index (χ1) is 11.1. The number of carbonyl (C=O) groups excluding carboxylic acids is 1. The molecule has 2 heterocycles. The Bertz CT molecular complexity index is 868. The van der Waals surface area contributed by atoms with Crippen LogP contribution < -0.4 is 5.32 Å². The topological polar surface area (TPSA) is 54.9 Å². The maximum atomic E-state index is 13.6. The molecule has 0 spiro atoms. The molecule has 2 aromatic heterocycles. The molecule has 0 saturated carbocycles. The number of benzene rings is 1. The lowest BCUT2D eigenvalue weighted by Gasteiger charge is -2.04. The molecule has 8 heteroatoms. The quantitative estimate of drug-likeness (QED) is 0.739. The standard InChI is InChI=1S/C15H8F3N3OS/c16-9-5-4-8(12(17)13(9)18)14(22)21-15-20-11(7-23-15)10-3-1-2-6-19-10/h1-7H,(H,20,21,22). The minimum Gasteiger partial charge on any atom is -0.298 e. The van der Waals surface area contributed by atoms with Crippen molar-refractivity contribution in [1.82, 2.24) is 9.97 Å². The van der Waals surface area contributed by atoms with Crippen molar-refractivity contribution in [2.75, 3.05) is 5.32 Å². The Morgan fingerprint density at radius 2 is 1.87 bits per heavy atom. The third kappa shape index (κ3) is 3.07. The predicted octanol–water partition coefficient (Wildman–Crippen LogP) is 3.87. The number of hydrogen-bond acceptors (Lipinski definition) is 4. The normalized spacial score (nSPS) is 10.6. The molecule has 0 aliphatic carbocycles. The van der Waals surface area contributed by atoms with Gasteiger partial charge in [0.05, 0.1) is 11.3 Å². The van der Waals surface area contributed by atoms with Gasteiger partial charge >= 0.3 is 0 Å². The van der Waals surface area contributed by atoms with Crippen LogP contribution in [-0.2, 0) is 0 Å². The molecule has 0 radical (unpaired) electrons. The second-order valence-electron chi connectivity index (χ2n) is 4.43. The van der Waals surface area contributed by atoms with Gasteiger partial charge in [0, 0.05) is 11.6 Å². The van der Waals surface area contributed by atoms with Gasteiger partial charge in [0.2, 0.25) is 0 Å². The highest BCUT2D eigenvalue weighted by molar-refractivity contribution is 7.14. The number of carbonyl (C=O) groups is 1. The van der Waals surface area contributed by atoms with E-state index in [1.54, 1.807) is 29.8 Å². The fourth-order valence-electron chi connectivity index (χ4n) is 1.83. The zero-order valence-electron chi connectivity index (χ0n) is 11.4. The smallest absolute Gasteiger partial charge is 0.260 e. The fourth-order valence-corrected chi connectivity index (χ4v) is 2.53. The minimum atomic E-state index is -1.69. The first-order valence-corrected chi connectivity index (χ1v) is 7.26. The number of rotatable bonds is 3. The van der Waals surface area contributed by atoms with E-state index in [9.17, 15) is 18.0 Å². The summed E-state index contributed by atoms with van der Waals surface area (Å²) in [6.07, 6.45) is 1.60. The number of nitrogens with zero attached hydrogens (tertiary/aromatic N) is 2. The summed E-state index contributed by atoms with van der Waals surface area (Å²) in [4.78, 5) is 20.2. The number of anilines is 1. The first kappa shape index (κ1) is 15.2. The van der Waals surface area contributed by atoms with Crippen LogP contribution in [0, 0.1) is 17.5 Å². The third-order valence-electron chi connectivity index (χ3n) is 2.93. The van der Waals surface area contributed by atoms with Gasteiger partial charge in [-0.25, -0.2) is 18.2 Å². The summed E-state index contributed by atoms with van der Waals surface area (Å²) in [5.41, 5.74) is 0.554. The van der Waals surface area contributed by atoms with Crippen LogP contribution >= 0.6 is 11.3 Å². The van der Waals surface area contributed by atoms with E-state index in [1.807, 2.05) is 0 Å². The second kappa shape index (κ2) is 6.17. The van der Waals surface area contributed by atoms with Gasteiger partial charge in [-0.05, 0) is 24.3 Å². The number of nitrogens with one attached hydrogen (secondary N) is 1. The molecule has 1 aromatic carbocycles. The average Bonchev–Trinajstić information content (AvgIpc) is 3.02. The molecular weight excluding hydrogens is 327 g/mol. The van der Waals surface area contributed by atoms with E-state index >= 15 is 0 Å². The molecule has 4 nitrogen and oxygen atoms in total. The van der Waals surface area contributed by atoms with Crippen LogP contribution in [0.15, 0.2) is 41.9 Å². The molecule has 0 bridgehead atoms. The molecule has 0 atom stereocenters. The number of aromatic nitrogens is 2. The molecule has 1 amide bonds. The Morgan fingerprint density at radius 1 is 1.04 bits per heavy atom. The van der Waals surface area contributed by atoms with Crippen LogP contribution in [0.5, 0.6) is 0 Å². The van der Waals surface area contributed by atoms with E-state index < -0.39 is 28.9 Å². The average molecular weight is 335 g/mol. The zero-order valence-corrected chi connectivity index (χ0v) is 12.2. The van der Waals surface area contributed by atoms with Crippen molar-refractivity contribution in [3.8, 4) is 11.4 Å². The molecule has 0 aliphatic rings. The Kier molecular flexibility index (Phi) is 4.07. The van der Waals surface area contributed by atoms with E-state index in [0.717, 1.165) is 17.4 Å². The Labute approximate surface area is 132 Å². The maximum Gasteiger partial charge on any atom is 0.260 e. The molecular formula is C15H8F3N3OS. The Hall–Kier alpha value is -2.74. The summed E-state index contributed by atoms with van der Waals surface area (Å²) in [6, 6.07) is 6.85. The summed E-state index contributed by atoms with van der Waals surface area (Å²) in [5, 5.41) is 4.21. The highest BCUT2D eigenvalue weighted by atomic mass is 32.1. The van der Waals surface area contributed by atoms with Gasteiger partial charge in [0.1, 0.15) is 5.69 Å². The van der Waals surface area contributed by atoms with Crippen LogP contribution in [0.25, 0.3) is 11.4 Å². The summed E-state index contributed by atoms with van der Waals surface area (Å²) in [6.45, 7) is 0. The van der Waals surface area contributed by atoms with Gasteiger partial charge in [-0.1, -0.05) is 6.07 Å². The molecule has 0 aliphatic heterocycles. The number of amides is 1. The molecule has 23 heavy (non-hydrogen) atoms. The van der Waals surface area contributed by atoms with Crippen molar-refractivity contribution in [3.05, 3.63) is 64.9 Å². The van der Waals surface area contributed by atoms with Gasteiger partial charge in [-0.15, -0.1) is 11.3 Å². The number of halogens is 3. The van der Waals surface area contributed by atoms with Crippen LogP contribution in [0.4, 0.5) is 18.3 Å². The molecule has 0 unspecified atom stereocenters. The van der Waals surface area contributed by atoms with E-state index in [0.29, 0.717) is 17.5 Å². The number of pyridine rings is 1. The third-order valence-corrected chi connectivity index (χ3v) is 3.69. The zero-order chi connectivity index (χ0) is 16.4. The summed E-state index contributed by atoms with van der Waals surface area (Å²) in [7, 11) is 0. The summed E-state index contributed by atoms with van der Waals surface area (Å²) in [5.74, 6) is -5.50. The van der Waals surface area contributed by atoms with Crippen LogP contribution in [0.1, 0.15) is 10.4 Å². The molecule has 1 N–H and O–H groups in total. The van der Waals surface area contributed by atoms with Crippen LogP contribution in [-0.4, -0.2) is 15.9 Å². The fraction of sp³-hybridized carbons (Fsp3) is 0. The highest BCUT2D eigenvalue weighted by Crippen LogP contribution is 2.24. The monoisotopic (exact) mass is 335 g/mol. The van der Waals surface area contributed by atoms with E-state index in [1.165, 1.54) is 0 Å². The molecule has 3 aromatic rings. The van der Waals surface area contributed by atoms with Gasteiger partial charge in [0.15, 0.2) is 22.6 Å². The lowest BCUT2D eigenvalue weighted by atomic mass is 10.2. The van der Waals surface area contributed by atoms with Crippen molar-refractivity contribution in [3.63, 3.8) is 0 Å². The second-order valence-corrected chi connectivity index (χ2v) is 5.29. The van der Waals surface area contributed by atoms with Gasteiger partial charge in [-0.2, -0.15) is 0 Å². The lowest BCUT2D eigenvalue weighted by Crippen LogP contribution is -2.15. The first-order valence-electron chi connectivity index (χ1n) is 6.38. The number of thiazole rings is 1. The summed E-state index contributed by atoms with van der Waals surface area (Å²) >= 11 is 1.11. The predicted molar refractivity (Wildman–Crippen MR) is 79.6 cm³/mol. The van der Waals surface area contributed by atoms with Crippen LogP contribution in [0.3, 0.4) is 0 Å². The minimum absolute atomic E-state index is 0.194. The lowest BCUT2D eigenvalue weighted by molar-refractivity contribution is 0.102. The molecule has 116 valence electrons. The van der Waals surface area contributed by atoms with Crippen molar-refractivity contribution in [2.45, 2.75) is 0 Å². The Balaban J connectivity index is 1.82. The number of hydrogen-bond donors (Lipinski definition) is 1. The largest absolute Gasteiger partial charge is 0.298 e. The molecule has 3 rings (SSSR count). The van der Waals surface area contributed by atoms with Gasteiger partial charge in [0.25, 0.3) is 5.91 Å². The van der Waals surface area contributed by atoms with Crippen LogP contribution in [0.2, 0.25) is 0 Å². The highest BCUT2D eigenvalue weighted by Gasteiger charge is 2.19. The van der Waals surface area contributed by atoms with Crippen molar-refractivity contribution in [2.24, 2.45) is 0 Å². The Morgan fingerprint density at radius 3 is 2.61 bits per heavy atom. The van der Waals surface area contributed by atoms with Gasteiger partial charge < -0.3 is 0 Å². The van der Waals surface area contributed by atoms with E-state index in [-0.39, 0.29) is 5.13 Å². The van der Waals surface area contributed by atoms with Crippen molar-refractivity contribution in [1.29, 1.82) is 0 Å². The maximum absolute atomic E-state index is 13.6. The van der Waals surface area contributed by atoms with E-state index in [4.69, 9.17) is 0 Å². The molecule has 0 saturated heterocycles.